The van der Waals surface area contributed by atoms with E-state index in [9.17, 15) is 14.4 Å². The lowest BCUT2D eigenvalue weighted by Gasteiger charge is -2.22. The van der Waals surface area contributed by atoms with Crippen molar-refractivity contribution < 1.29 is 19.1 Å². The number of hydrogen-bond acceptors (Lipinski definition) is 5. The molecule has 1 aromatic carbocycles. The molecule has 1 unspecified atom stereocenters. The summed E-state index contributed by atoms with van der Waals surface area (Å²) < 4.78 is 5.15. The Hall–Kier alpha value is -1.89. The van der Waals surface area contributed by atoms with E-state index in [0.29, 0.717) is 29.3 Å². The number of ether oxygens (including phenoxy) is 1. The molecule has 0 N–H and O–H groups in total. The fraction of sp³-hybridized carbons (Fsp3) is 0.278. The molecule has 1 amide bonds. The van der Waals surface area contributed by atoms with Crippen LogP contribution in [0.4, 0.5) is 0 Å². The molecule has 2 aromatic rings. The summed E-state index contributed by atoms with van der Waals surface area (Å²) in [5.41, 5.74) is 0.199. The van der Waals surface area contributed by atoms with E-state index in [4.69, 9.17) is 27.9 Å². The number of benzene rings is 1. The fourth-order valence-corrected chi connectivity index (χ4v) is 3.89. The molecule has 0 bridgehead atoms. The van der Waals surface area contributed by atoms with Crippen LogP contribution >= 0.6 is 34.5 Å². The normalized spacial score (nSPS) is 16.5. The number of hydrogen-bond donors (Lipinski definition) is 0. The number of amides is 1. The molecule has 2 heterocycles. The average molecular weight is 412 g/mol. The number of carbonyl (C=O) groups is 3. The summed E-state index contributed by atoms with van der Waals surface area (Å²) in [7, 11) is 0. The summed E-state index contributed by atoms with van der Waals surface area (Å²) in [6.07, 6.45) is 1.23. The molecule has 1 fully saturated rings. The molecule has 0 radical (unpaired) electrons. The second kappa shape index (κ2) is 8.20. The molecule has 26 heavy (non-hydrogen) atoms. The Morgan fingerprint density at radius 3 is 2.77 bits per heavy atom. The molecule has 0 spiro atoms. The molecular weight excluding hydrogens is 397 g/mol. The summed E-state index contributed by atoms with van der Waals surface area (Å²) in [4.78, 5) is 39.2. The molecular formula is C18H15Cl2NO4S. The van der Waals surface area contributed by atoms with E-state index in [1.807, 2.05) is 5.38 Å². The summed E-state index contributed by atoms with van der Waals surface area (Å²) in [6.45, 7) is 0.0427. The number of ketones is 1. The molecule has 1 atom stereocenters. The number of Topliss-reactive ketones (excluding diaryl/α,β-unsaturated/α-hetero) is 1. The number of esters is 1. The van der Waals surface area contributed by atoms with Gasteiger partial charge < -0.3 is 9.64 Å². The second-order valence-electron chi connectivity index (χ2n) is 5.79. The lowest BCUT2D eigenvalue weighted by Crippen LogP contribution is -2.41. The average Bonchev–Trinajstić information content (AvgIpc) is 3.32. The molecule has 1 aliphatic rings. The van der Waals surface area contributed by atoms with Gasteiger partial charge in [-0.05, 0) is 42.5 Å². The molecule has 0 aliphatic carbocycles. The Kier molecular flexibility index (Phi) is 5.96. The maximum atomic E-state index is 12.5. The standard InChI is InChI=1S/C18H15Cl2NO4S/c19-11-5-6-13(20)12(9-11)15(22)10-25-18(24)14-3-1-7-21(14)17(23)16-4-2-8-26-16/h2,4-6,8-9,14H,1,3,7,10H2. The van der Waals surface area contributed by atoms with Crippen LogP contribution in [0.3, 0.4) is 0 Å². The zero-order valence-corrected chi connectivity index (χ0v) is 15.9. The highest BCUT2D eigenvalue weighted by atomic mass is 35.5. The van der Waals surface area contributed by atoms with Gasteiger partial charge in [0, 0.05) is 17.1 Å². The van der Waals surface area contributed by atoms with Crippen molar-refractivity contribution in [1.82, 2.24) is 4.90 Å². The van der Waals surface area contributed by atoms with Gasteiger partial charge in [0.25, 0.3) is 5.91 Å². The molecule has 1 aromatic heterocycles. The maximum Gasteiger partial charge on any atom is 0.329 e. The van der Waals surface area contributed by atoms with Crippen molar-refractivity contribution in [3.63, 3.8) is 0 Å². The minimum atomic E-state index is -0.674. The van der Waals surface area contributed by atoms with Crippen molar-refractivity contribution in [1.29, 1.82) is 0 Å². The summed E-state index contributed by atoms with van der Waals surface area (Å²) >= 11 is 13.2. The van der Waals surface area contributed by atoms with Crippen molar-refractivity contribution >= 4 is 52.2 Å². The molecule has 5 nitrogen and oxygen atoms in total. The maximum absolute atomic E-state index is 12.5. The molecule has 8 heteroatoms. The minimum Gasteiger partial charge on any atom is -0.456 e. The molecule has 0 saturated carbocycles. The van der Waals surface area contributed by atoms with Crippen LogP contribution in [0.5, 0.6) is 0 Å². The molecule has 3 rings (SSSR count). The zero-order chi connectivity index (χ0) is 18.7. The Balaban J connectivity index is 1.63. The van der Waals surface area contributed by atoms with Gasteiger partial charge in [0.1, 0.15) is 6.04 Å². The second-order valence-corrected chi connectivity index (χ2v) is 7.58. The third kappa shape index (κ3) is 4.09. The number of carbonyl (C=O) groups excluding carboxylic acids is 3. The van der Waals surface area contributed by atoms with Crippen LogP contribution in [-0.4, -0.2) is 41.8 Å². The van der Waals surface area contributed by atoms with Crippen LogP contribution in [0.15, 0.2) is 35.7 Å². The first-order valence-electron chi connectivity index (χ1n) is 7.96. The summed E-state index contributed by atoms with van der Waals surface area (Å²) in [6, 6.07) is 7.35. The highest BCUT2D eigenvalue weighted by Gasteiger charge is 2.36. The van der Waals surface area contributed by atoms with Crippen LogP contribution in [0.25, 0.3) is 0 Å². The van der Waals surface area contributed by atoms with E-state index in [0.717, 1.165) is 0 Å². The predicted molar refractivity (Wildman–Crippen MR) is 100 cm³/mol. The fourth-order valence-electron chi connectivity index (χ4n) is 2.82. The minimum absolute atomic E-state index is 0.191. The van der Waals surface area contributed by atoms with Crippen LogP contribution in [0, 0.1) is 0 Å². The lowest BCUT2D eigenvalue weighted by atomic mass is 10.1. The Morgan fingerprint density at radius 1 is 1.23 bits per heavy atom. The van der Waals surface area contributed by atoms with Gasteiger partial charge in [0.2, 0.25) is 5.78 Å². The third-order valence-electron chi connectivity index (χ3n) is 4.09. The smallest absolute Gasteiger partial charge is 0.329 e. The van der Waals surface area contributed by atoms with Gasteiger partial charge in [-0.1, -0.05) is 29.3 Å². The number of likely N-dealkylation sites (tertiary alicyclic amines) is 1. The van der Waals surface area contributed by atoms with Crippen molar-refractivity contribution in [3.8, 4) is 0 Å². The van der Waals surface area contributed by atoms with Gasteiger partial charge in [0.15, 0.2) is 6.61 Å². The third-order valence-corrected chi connectivity index (χ3v) is 5.51. The largest absolute Gasteiger partial charge is 0.456 e. The zero-order valence-electron chi connectivity index (χ0n) is 13.6. The van der Waals surface area contributed by atoms with E-state index < -0.39 is 24.4 Å². The lowest BCUT2D eigenvalue weighted by molar-refractivity contribution is -0.147. The van der Waals surface area contributed by atoms with Crippen LogP contribution in [-0.2, 0) is 9.53 Å². The van der Waals surface area contributed by atoms with E-state index >= 15 is 0 Å². The van der Waals surface area contributed by atoms with Crippen LogP contribution in [0.2, 0.25) is 10.0 Å². The van der Waals surface area contributed by atoms with Crippen molar-refractivity contribution in [2.24, 2.45) is 0 Å². The molecule has 1 saturated heterocycles. The van der Waals surface area contributed by atoms with Gasteiger partial charge in [-0.15, -0.1) is 11.3 Å². The first-order chi connectivity index (χ1) is 12.5. The van der Waals surface area contributed by atoms with Crippen molar-refractivity contribution in [2.45, 2.75) is 18.9 Å². The monoisotopic (exact) mass is 411 g/mol. The number of halogens is 2. The van der Waals surface area contributed by atoms with Gasteiger partial charge in [0.05, 0.1) is 9.90 Å². The highest BCUT2D eigenvalue weighted by Crippen LogP contribution is 2.24. The van der Waals surface area contributed by atoms with E-state index in [1.54, 1.807) is 18.2 Å². The Labute approximate surface area is 164 Å². The van der Waals surface area contributed by atoms with E-state index in [-0.39, 0.29) is 16.5 Å². The topological polar surface area (TPSA) is 63.7 Å². The highest BCUT2D eigenvalue weighted by molar-refractivity contribution is 7.12. The van der Waals surface area contributed by atoms with E-state index in [2.05, 4.69) is 0 Å². The predicted octanol–water partition coefficient (Wildman–Crippen LogP) is 4.09. The molecule has 136 valence electrons. The van der Waals surface area contributed by atoms with Gasteiger partial charge >= 0.3 is 5.97 Å². The van der Waals surface area contributed by atoms with Crippen molar-refractivity contribution in [2.75, 3.05) is 13.2 Å². The number of rotatable bonds is 5. The van der Waals surface area contributed by atoms with Gasteiger partial charge in [-0.3, -0.25) is 9.59 Å². The van der Waals surface area contributed by atoms with Gasteiger partial charge in [-0.25, -0.2) is 4.79 Å². The number of thiophene rings is 1. The Bertz CT molecular complexity index is 838. The first kappa shape index (κ1) is 18.9. The van der Waals surface area contributed by atoms with Crippen molar-refractivity contribution in [3.05, 3.63) is 56.2 Å². The number of nitrogens with zero attached hydrogens (tertiary/aromatic N) is 1. The first-order valence-corrected chi connectivity index (χ1v) is 9.60. The van der Waals surface area contributed by atoms with Gasteiger partial charge in [-0.2, -0.15) is 0 Å². The van der Waals surface area contributed by atoms with Crippen LogP contribution in [0.1, 0.15) is 32.9 Å². The summed E-state index contributed by atoms with van der Waals surface area (Å²) in [5.74, 6) is -1.22. The Morgan fingerprint density at radius 2 is 2.04 bits per heavy atom. The summed E-state index contributed by atoms with van der Waals surface area (Å²) in [5, 5.41) is 2.42. The van der Waals surface area contributed by atoms with E-state index in [1.165, 1.54) is 28.4 Å². The quantitative estimate of drug-likeness (QED) is 0.548. The SMILES string of the molecule is O=C(COC(=O)C1CCCN1C(=O)c1cccs1)c1cc(Cl)ccc1Cl. The van der Waals surface area contributed by atoms with Crippen LogP contribution < -0.4 is 0 Å². The molecule has 1 aliphatic heterocycles.